The normalized spacial score (nSPS) is 12.8. The first-order valence-corrected chi connectivity index (χ1v) is 6.72. The van der Waals surface area contributed by atoms with E-state index in [1.807, 2.05) is 24.3 Å². The second kappa shape index (κ2) is 5.88. The Morgan fingerprint density at radius 1 is 0.800 bits per heavy atom. The van der Waals surface area contributed by atoms with E-state index < -0.39 is 22.8 Å². The van der Waals surface area contributed by atoms with Gasteiger partial charge in [0, 0.05) is 0 Å². The van der Waals surface area contributed by atoms with Crippen LogP contribution in [0.25, 0.3) is 0 Å². The highest BCUT2D eigenvalue weighted by molar-refractivity contribution is 6.22. The maximum Gasteiger partial charge on any atom is 0.194 e. The first kappa shape index (κ1) is 14.9. The quantitative estimate of drug-likeness (QED) is 0.514. The zero-order valence-corrected chi connectivity index (χ0v) is 11.9. The molecule has 0 saturated heterocycles. The molecule has 0 aliphatic carbocycles. The van der Waals surface area contributed by atoms with Crippen molar-refractivity contribution in [2.75, 3.05) is 0 Å². The Morgan fingerprint density at radius 2 is 1.25 bits per heavy atom. The lowest BCUT2D eigenvalue weighted by molar-refractivity contribution is 0.445. The molecule has 1 unspecified atom stereocenters. The molecule has 0 radical (unpaired) electrons. The molecular weight excluding hydrogens is 285 g/mol. The summed E-state index contributed by atoms with van der Waals surface area (Å²) in [5.74, 6) is -3.56. The Morgan fingerprint density at radius 3 is 1.70 bits per heavy atom. The van der Waals surface area contributed by atoms with Crippen LogP contribution in [0.3, 0.4) is 0 Å². The van der Waals surface area contributed by atoms with Gasteiger partial charge in [-0.15, -0.1) is 11.6 Å². The summed E-state index contributed by atoms with van der Waals surface area (Å²) in [5.41, 5.74) is 2.05. The molecule has 0 amide bonds. The van der Waals surface area contributed by atoms with E-state index in [0.29, 0.717) is 11.5 Å². The number of rotatable bonds is 3. The number of alkyl halides is 1. The van der Waals surface area contributed by atoms with Gasteiger partial charge >= 0.3 is 0 Å². The fourth-order valence-corrected chi connectivity index (χ4v) is 2.24. The molecule has 0 saturated carbocycles. The minimum atomic E-state index is -1.48. The van der Waals surface area contributed by atoms with Crippen LogP contribution in [-0.4, -0.2) is 0 Å². The molecule has 2 aromatic rings. The highest BCUT2D eigenvalue weighted by Gasteiger charge is 2.17. The van der Waals surface area contributed by atoms with Crippen molar-refractivity contribution in [1.29, 1.82) is 0 Å². The molecule has 4 heteroatoms. The maximum atomic E-state index is 13.2. The highest BCUT2D eigenvalue weighted by atomic mass is 35.5. The summed E-state index contributed by atoms with van der Waals surface area (Å²) in [6, 6.07) is 9.31. The molecule has 20 heavy (non-hydrogen) atoms. The predicted octanol–water partition coefficient (Wildman–Crippen LogP) is 5.56. The van der Waals surface area contributed by atoms with Gasteiger partial charge in [0.05, 0.1) is 5.38 Å². The van der Waals surface area contributed by atoms with Gasteiger partial charge in [0.2, 0.25) is 0 Å². The SMILES string of the molecule is CC(C)c1ccc(C(Cl)c2cc(F)c(F)c(F)c2)cc1. The minimum Gasteiger partial charge on any atom is -0.204 e. The largest absolute Gasteiger partial charge is 0.204 e. The van der Waals surface area contributed by atoms with Crippen molar-refractivity contribution in [2.45, 2.75) is 25.1 Å². The van der Waals surface area contributed by atoms with Crippen molar-refractivity contribution >= 4 is 11.6 Å². The molecule has 0 fully saturated rings. The third kappa shape index (κ3) is 2.98. The molecular formula is C16H14ClF3. The summed E-state index contributed by atoms with van der Waals surface area (Å²) in [7, 11) is 0. The molecule has 0 aliphatic heterocycles. The molecule has 0 bridgehead atoms. The Bertz CT molecular complexity index is 583. The van der Waals surface area contributed by atoms with Gasteiger partial charge in [0.1, 0.15) is 0 Å². The van der Waals surface area contributed by atoms with Crippen LogP contribution in [0.2, 0.25) is 0 Å². The van der Waals surface area contributed by atoms with Crippen molar-refractivity contribution in [3.63, 3.8) is 0 Å². The van der Waals surface area contributed by atoms with Crippen LogP contribution in [-0.2, 0) is 0 Å². The molecule has 0 heterocycles. The van der Waals surface area contributed by atoms with Crippen LogP contribution in [0.5, 0.6) is 0 Å². The van der Waals surface area contributed by atoms with E-state index in [2.05, 4.69) is 13.8 Å². The number of halogens is 4. The Hall–Kier alpha value is -1.48. The van der Waals surface area contributed by atoms with Gasteiger partial charge in [-0.2, -0.15) is 0 Å². The first-order valence-electron chi connectivity index (χ1n) is 6.28. The van der Waals surface area contributed by atoms with Gasteiger partial charge in [-0.1, -0.05) is 38.1 Å². The van der Waals surface area contributed by atoms with Crippen molar-refractivity contribution in [3.8, 4) is 0 Å². The van der Waals surface area contributed by atoms with E-state index in [9.17, 15) is 13.2 Å². The minimum absolute atomic E-state index is 0.195. The maximum absolute atomic E-state index is 13.2. The second-order valence-electron chi connectivity index (χ2n) is 4.98. The fraction of sp³-hybridized carbons (Fsp3) is 0.250. The average Bonchev–Trinajstić information content (AvgIpc) is 2.43. The number of benzene rings is 2. The van der Waals surface area contributed by atoms with E-state index >= 15 is 0 Å². The van der Waals surface area contributed by atoms with Crippen molar-refractivity contribution in [3.05, 3.63) is 70.5 Å². The lowest BCUT2D eigenvalue weighted by atomic mass is 9.98. The smallest absolute Gasteiger partial charge is 0.194 e. The van der Waals surface area contributed by atoms with Gasteiger partial charge in [0.25, 0.3) is 0 Å². The van der Waals surface area contributed by atoms with Crippen LogP contribution in [0.1, 0.15) is 41.8 Å². The molecule has 0 spiro atoms. The van der Waals surface area contributed by atoms with Crippen molar-refractivity contribution < 1.29 is 13.2 Å². The average molecular weight is 299 g/mol. The van der Waals surface area contributed by atoms with Crippen LogP contribution in [0, 0.1) is 17.5 Å². The molecule has 106 valence electrons. The van der Waals surface area contributed by atoms with Crippen LogP contribution >= 0.6 is 11.6 Å². The van der Waals surface area contributed by atoms with Gasteiger partial charge in [-0.05, 0) is 34.7 Å². The van der Waals surface area contributed by atoms with E-state index in [0.717, 1.165) is 17.7 Å². The van der Waals surface area contributed by atoms with E-state index in [1.165, 1.54) is 0 Å². The van der Waals surface area contributed by atoms with Gasteiger partial charge < -0.3 is 0 Å². The lowest BCUT2D eigenvalue weighted by Crippen LogP contribution is -1.99. The van der Waals surface area contributed by atoms with Gasteiger partial charge in [-0.3, -0.25) is 0 Å². The zero-order chi connectivity index (χ0) is 14.9. The summed E-state index contributed by atoms with van der Waals surface area (Å²) < 4.78 is 39.4. The molecule has 2 aromatic carbocycles. The fourth-order valence-electron chi connectivity index (χ4n) is 1.96. The molecule has 1 atom stereocenters. The standard InChI is InChI=1S/C16H14ClF3/c1-9(2)10-3-5-11(6-4-10)15(17)12-7-13(18)16(20)14(19)8-12/h3-9,15H,1-2H3. The van der Waals surface area contributed by atoms with E-state index in [-0.39, 0.29) is 5.56 Å². The van der Waals surface area contributed by atoms with Crippen molar-refractivity contribution in [2.24, 2.45) is 0 Å². The van der Waals surface area contributed by atoms with Crippen LogP contribution < -0.4 is 0 Å². The summed E-state index contributed by atoms with van der Waals surface area (Å²) in [6.45, 7) is 4.13. The third-order valence-electron chi connectivity index (χ3n) is 3.19. The molecule has 0 aliphatic rings. The molecule has 0 N–H and O–H groups in total. The summed E-state index contributed by atoms with van der Waals surface area (Å²) in [6.07, 6.45) is 0. The Kier molecular flexibility index (Phi) is 4.39. The monoisotopic (exact) mass is 298 g/mol. The summed E-state index contributed by atoms with van der Waals surface area (Å²) in [4.78, 5) is 0. The predicted molar refractivity (Wildman–Crippen MR) is 74.5 cm³/mol. The third-order valence-corrected chi connectivity index (χ3v) is 3.70. The second-order valence-corrected chi connectivity index (χ2v) is 5.42. The zero-order valence-electron chi connectivity index (χ0n) is 11.1. The Labute approximate surface area is 121 Å². The summed E-state index contributed by atoms with van der Waals surface area (Å²) >= 11 is 6.20. The summed E-state index contributed by atoms with van der Waals surface area (Å²) in [5, 5.41) is -0.721. The number of hydrogen-bond donors (Lipinski definition) is 0. The van der Waals surface area contributed by atoms with Gasteiger partial charge in [-0.25, -0.2) is 13.2 Å². The lowest BCUT2D eigenvalue weighted by Gasteiger charge is -2.13. The van der Waals surface area contributed by atoms with Gasteiger partial charge in [0.15, 0.2) is 17.5 Å². The van der Waals surface area contributed by atoms with Crippen LogP contribution in [0.4, 0.5) is 13.2 Å². The Balaban J connectivity index is 2.33. The van der Waals surface area contributed by atoms with Crippen molar-refractivity contribution in [1.82, 2.24) is 0 Å². The molecule has 2 rings (SSSR count). The topological polar surface area (TPSA) is 0 Å². The van der Waals surface area contributed by atoms with E-state index in [4.69, 9.17) is 11.6 Å². The van der Waals surface area contributed by atoms with E-state index in [1.54, 1.807) is 0 Å². The van der Waals surface area contributed by atoms with Crippen LogP contribution in [0.15, 0.2) is 36.4 Å². The highest BCUT2D eigenvalue weighted by Crippen LogP contribution is 2.31. The molecule has 0 aromatic heterocycles. The number of hydrogen-bond acceptors (Lipinski definition) is 0. The molecule has 0 nitrogen and oxygen atoms in total. The first-order chi connectivity index (χ1) is 9.40.